The van der Waals surface area contributed by atoms with E-state index in [1.807, 2.05) is 11.0 Å². The molecule has 0 spiro atoms. The minimum absolute atomic E-state index is 0.00497. The molecule has 4 atom stereocenters. The maximum Gasteiger partial charge on any atom is 0.230 e. The molecule has 5 heteroatoms. The lowest BCUT2D eigenvalue weighted by Crippen LogP contribution is -2.64. The normalized spacial score (nSPS) is 43.7. The van der Waals surface area contributed by atoms with E-state index in [1.54, 1.807) is 0 Å². The first-order chi connectivity index (χ1) is 10.2. The molecule has 5 nitrogen and oxygen atoms in total. The first-order valence-electron chi connectivity index (χ1n) is 7.88. The van der Waals surface area contributed by atoms with E-state index in [-0.39, 0.29) is 24.7 Å². The number of allylic oxidation sites excluding steroid dienone is 2. The van der Waals surface area contributed by atoms with E-state index in [0.717, 1.165) is 36.4 Å². The van der Waals surface area contributed by atoms with E-state index in [0.29, 0.717) is 25.3 Å². The Balaban J connectivity index is 1.61. The van der Waals surface area contributed by atoms with Gasteiger partial charge in [0.25, 0.3) is 0 Å². The SMILES string of the molecule is O=C1C[C@H]2CCCC3(O)C4CC5=C(C=C4CN1[C@@H]23)OCO5. The Kier molecular flexibility index (Phi) is 2.20. The maximum absolute atomic E-state index is 12.3. The molecule has 1 amide bonds. The largest absolute Gasteiger partial charge is 0.458 e. The van der Waals surface area contributed by atoms with Crippen LogP contribution in [0, 0.1) is 11.8 Å². The Labute approximate surface area is 123 Å². The maximum atomic E-state index is 12.3. The van der Waals surface area contributed by atoms with Crippen molar-refractivity contribution < 1.29 is 19.4 Å². The van der Waals surface area contributed by atoms with Gasteiger partial charge in [0.1, 0.15) is 5.76 Å². The summed E-state index contributed by atoms with van der Waals surface area (Å²) < 4.78 is 11.0. The first-order valence-corrected chi connectivity index (χ1v) is 7.88. The molecule has 3 heterocycles. The summed E-state index contributed by atoms with van der Waals surface area (Å²) in [4.78, 5) is 14.2. The van der Waals surface area contributed by atoms with Crippen LogP contribution in [0.4, 0.5) is 0 Å². The van der Waals surface area contributed by atoms with Crippen LogP contribution in [0.1, 0.15) is 32.1 Å². The fourth-order valence-electron chi connectivity index (χ4n) is 5.20. The van der Waals surface area contributed by atoms with Gasteiger partial charge in [-0.3, -0.25) is 4.79 Å². The molecule has 5 rings (SSSR count). The molecule has 3 fully saturated rings. The Morgan fingerprint density at radius 3 is 3.14 bits per heavy atom. The zero-order valence-electron chi connectivity index (χ0n) is 11.9. The molecule has 5 aliphatic rings. The second-order valence-electron chi connectivity index (χ2n) is 6.98. The van der Waals surface area contributed by atoms with Crippen molar-refractivity contribution in [2.24, 2.45) is 11.8 Å². The molecule has 0 aromatic carbocycles. The van der Waals surface area contributed by atoms with Crippen molar-refractivity contribution in [1.29, 1.82) is 0 Å². The summed E-state index contributed by atoms with van der Waals surface area (Å²) in [5, 5.41) is 11.5. The van der Waals surface area contributed by atoms with Gasteiger partial charge in [-0.1, -0.05) is 6.42 Å². The van der Waals surface area contributed by atoms with Crippen LogP contribution in [0.25, 0.3) is 0 Å². The Bertz CT molecular complexity index is 595. The van der Waals surface area contributed by atoms with E-state index in [4.69, 9.17) is 9.47 Å². The van der Waals surface area contributed by atoms with Crippen LogP contribution in [0.15, 0.2) is 23.2 Å². The van der Waals surface area contributed by atoms with E-state index < -0.39 is 5.60 Å². The summed E-state index contributed by atoms with van der Waals surface area (Å²) in [7, 11) is 0. The third kappa shape index (κ3) is 1.42. The number of fused-ring (bicyclic) bond motifs is 2. The van der Waals surface area contributed by atoms with Crippen LogP contribution in [-0.4, -0.2) is 40.9 Å². The number of carbonyl (C=O) groups is 1. The van der Waals surface area contributed by atoms with Crippen molar-refractivity contribution in [2.75, 3.05) is 13.3 Å². The summed E-state index contributed by atoms with van der Waals surface area (Å²) in [6.07, 6.45) is 6.17. The Morgan fingerprint density at radius 2 is 2.24 bits per heavy atom. The smallest absolute Gasteiger partial charge is 0.230 e. The second kappa shape index (κ2) is 3.83. The number of piperidine rings is 1. The summed E-state index contributed by atoms with van der Waals surface area (Å²) in [6, 6.07) is 0.00497. The number of hydrogen-bond acceptors (Lipinski definition) is 4. The van der Waals surface area contributed by atoms with Crippen LogP contribution >= 0.6 is 0 Å². The minimum Gasteiger partial charge on any atom is -0.458 e. The fraction of sp³-hybridized carbons (Fsp3) is 0.688. The summed E-state index contributed by atoms with van der Waals surface area (Å²) in [5.41, 5.74) is 0.345. The predicted molar refractivity (Wildman–Crippen MR) is 72.7 cm³/mol. The van der Waals surface area contributed by atoms with Crippen LogP contribution in [0.2, 0.25) is 0 Å². The molecule has 2 saturated heterocycles. The molecule has 21 heavy (non-hydrogen) atoms. The van der Waals surface area contributed by atoms with Crippen molar-refractivity contribution in [1.82, 2.24) is 4.90 Å². The summed E-state index contributed by atoms with van der Waals surface area (Å²) >= 11 is 0. The van der Waals surface area contributed by atoms with Gasteiger partial charge in [-0.25, -0.2) is 0 Å². The highest BCUT2D eigenvalue weighted by Crippen LogP contribution is 2.54. The number of ether oxygens (including phenoxy) is 2. The van der Waals surface area contributed by atoms with Crippen molar-refractivity contribution >= 4 is 5.91 Å². The molecule has 0 aromatic heterocycles. The molecule has 0 bridgehead atoms. The lowest BCUT2D eigenvalue weighted by molar-refractivity contribution is -0.147. The van der Waals surface area contributed by atoms with Crippen molar-refractivity contribution in [3.63, 3.8) is 0 Å². The minimum atomic E-state index is -0.788. The first kappa shape index (κ1) is 12.1. The molecule has 1 N–H and O–H groups in total. The van der Waals surface area contributed by atoms with E-state index in [1.165, 1.54) is 0 Å². The van der Waals surface area contributed by atoms with Crippen molar-refractivity contribution in [3.05, 3.63) is 23.2 Å². The van der Waals surface area contributed by atoms with Crippen LogP contribution in [-0.2, 0) is 14.3 Å². The Hall–Kier alpha value is -1.49. The number of nitrogens with zero attached hydrogens (tertiary/aromatic N) is 1. The quantitative estimate of drug-likeness (QED) is 0.730. The van der Waals surface area contributed by atoms with Crippen LogP contribution in [0.5, 0.6) is 0 Å². The molecule has 1 saturated carbocycles. The second-order valence-corrected chi connectivity index (χ2v) is 6.98. The average Bonchev–Trinajstić information content (AvgIpc) is 3.03. The molecule has 2 unspecified atom stereocenters. The molecule has 112 valence electrons. The molecule has 0 aromatic rings. The number of aliphatic hydroxyl groups is 1. The van der Waals surface area contributed by atoms with E-state index >= 15 is 0 Å². The lowest BCUT2D eigenvalue weighted by Gasteiger charge is -2.54. The molecule has 0 radical (unpaired) electrons. The fourth-order valence-corrected chi connectivity index (χ4v) is 5.20. The van der Waals surface area contributed by atoms with Crippen LogP contribution < -0.4 is 0 Å². The lowest BCUT2D eigenvalue weighted by atomic mass is 9.62. The van der Waals surface area contributed by atoms with Gasteiger partial charge in [-0.15, -0.1) is 0 Å². The highest BCUT2D eigenvalue weighted by molar-refractivity contribution is 5.80. The summed E-state index contributed by atoms with van der Waals surface area (Å²) in [6.45, 7) is 0.918. The van der Waals surface area contributed by atoms with Gasteiger partial charge >= 0.3 is 0 Å². The van der Waals surface area contributed by atoms with Gasteiger partial charge in [-0.05, 0) is 30.4 Å². The highest BCUT2D eigenvalue weighted by Gasteiger charge is 2.61. The van der Waals surface area contributed by atoms with Gasteiger partial charge in [0.2, 0.25) is 12.7 Å². The standard InChI is InChI=1S/C16H19NO4/c18-14-5-9-2-1-3-16(19)11-6-13-12(20-8-21-13)4-10(11)7-17(14)15(9)16/h4,9,11,15,19H,1-3,5-8H2/t9-,11?,15+,16?/m1/s1. The average molecular weight is 289 g/mol. The zero-order valence-corrected chi connectivity index (χ0v) is 11.9. The van der Waals surface area contributed by atoms with E-state index in [2.05, 4.69) is 0 Å². The van der Waals surface area contributed by atoms with Gasteiger partial charge in [0.05, 0.1) is 11.6 Å². The van der Waals surface area contributed by atoms with Gasteiger partial charge in [-0.2, -0.15) is 0 Å². The van der Waals surface area contributed by atoms with E-state index in [9.17, 15) is 9.90 Å². The molecule has 3 aliphatic heterocycles. The van der Waals surface area contributed by atoms with Gasteiger partial charge in [0.15, 0.2) is 5.76 Å². The molecular weight excluding hydrogens is 270 g/mol. The topological polar surface area (TPSA) is 59.0 Å². The monoisotopic (exact) mass is 289 g/mol. The third-order valence-corrected chi connectivity index (χ3v) is 6.04. The Morgan fingerprint density at radius 1 is 1.33 bits per heavy atom. The summed E-state index contributed by atoms with van der Waals surface area (Å²) in [5.74, 6) is 2.27. The predicted octanol–water partition coefficient (Wildman–Crippen LogP) is 1.29. The zero-order chi connectivity index (χ0) is 14.2. The van der Waals surface area contributed by atoms with Gasteiger partial charge in [0, 0.05) is 25.3 Å². The van der Waals surface area contributed by atoms with Crippen LogP contribution in [0.3, 0.4) is 0 Å². The number of carbonyl (C=O) groups excluding carboxylic acids is 1. The third-order valence-electron chi connectivity index (χ3n) is 6.04. The van der Waals surface area contributed by atoms with Gasteiger partial charge < -0.3 is 19.5 Å². The van der Waals surface area contributed by atoms with Crippen molar-refractivity contribution in [2.45, 2.75) is 43.7 Å². The molecule has 2 aliphatic carbocycles. The number of rotatable bonds is 0. The molecular formula is C16H19NO4. The number of hydrogen-bond donors (Lipinski definition) is 1. The van der Waals surface area contributed by atoms with Crippen molar-refractivity contribution in [3.8, 4) is 0 Å². The highest BCUT2D eigenvalue weighted by atomic mass is 16.7. The number of amides is 1.